The van der Waals surface area contributed by atoms with E-state index in [0.29, 0.717) is 20.8 Å². The summed E-state index contributed by atoms with van der Waals surface area (Å²) in [7, 11) is 0. The zero-order valence-corrected chi connectivity index (χ0v) is 22.0. The van der Waals surface area contributed by atoms with Crippen molar-refractivity contribution in [3.63, 3.8) is 0 Å². The van der Waals surface area contributed by atoms with Crippen LogP contribution in [0.1, 0.15) is 47.3 Å². The van der Waals surface area contributed by atoms with Gasteiger partial charge >= 0.3 is 0 Å². The highest BCUT2D eigenvalue weighted by atomic mass is 127. The molecule has 3 aromatic rings. The molecule has 1 unspecified atom stereocenters. The molecule has 4 nitrogen and oxygen atoms in total. The predicted molar refractivity (Wildman–Crippen MR) is 141 cm³/mol. The Morgan fingerprint density at radius 1 is 1.06 bits per heavy atom. The monoisotopic (exact) mass is 601 g/mol. The first-order chi connectivity index (χ1) is 15.3. The third kappa shape index (κ3) is 5.11. The molecule has 0 saturated heterocycles. The highest BCUT2D eigenvalue weighted by Gasteiger charge is 2.29. The van der Waals surface area contributed by atoms with E-state index in [4.69, 9.17) is 39.9 Å². The van der Waals surface area contributed by atoms with Crippen molar-refractivity contribution in [1.29, 1.82) is 0 Å². The average Bonchev–Trinajstić information content (AvgIpc) is 3.11. The maximum absolute atomic E-state index is 13.1. The summed E-state index contributed by atoms with van der Waals surface area (Å²) in [4.78, 5) is 13.1. The van der Waals surface area contributed by atoms with Crippen molar-refractivity contribution in [1.82, 2.24) is 15.1 Å². The zero-order chi connectivity index (χ0) is 22.8. The van der Waals surface area contributed by atoms with Gasteiger partial charge in [0.25, 0.3) is 0 Å². The Balaban J connectivity index is 1.76. The van der Waals surface area contributed by atoms with E-state index in [1.54, 1.807) is 16.8 Å². The second-order valence-corrected chi connectivity index (χ2v) is 10.6. The number of hydrogen-bond donors (Lipinski definition) is 1. The molecule has 1 aromatic heterocycles. The van der Waals surface area contributed by atoms with E-state index >= 15 is 0 Å². The fourth-order valence-corrected chi connectivity index (χ4v) is 5.56. The number of amides is 1. The molecule has 8 heteroatoms. The van der Waals surface area contributed by atoms with Gasteiger partial charge < -0.3 is 5.32 Å². The second-order valence-electron chi connectivity index (χ2n) is 8.08. The van der Waals surface area contributed by atoms with Gasteiger partial charge in [0.2, 0.25) is 5.91 Å². The maximum Gasteiger partial charge on any atom is 0.239 e. The topological polar surface area (TPSA) is 46.9 Å². The van der Waals surface area contributed by atoms with Crippen LogP contribution < -0.4 is 5.32 Å². The highest BCUT2D eigenvalue weighted by Crippen LogP contribution is 2.37. The van der Waals surface area contributed by atoms with E-state index in [2.05, 4.69) is 27.9 Å². The Bertz CT molecular complexity index is 1120. The number of alkyl halides is 1. The van der Waals surface area contributed by atoms with Crippen LogP contribution in [0.5, 0.6) is 0 Å². The number of nitrogens with zero attached hydrogens (tertiary/aromatic N) is 2. The van der Waals surface area contributed by atoms with Gasteiger partial charge in [-0.1, -0.05) is 88.8 Å². The molecule has 32 heavy (non-hydrogen) atoms. The Kier molecular flexibility index (Phi) is 7.70. The van der Waals surface area contributed by atoms with Gasteiger partial charge in [-0.15, -0.1) is 0 Å². The van der Waals surface area contributed by atoms with Crippen LogP contribution in [-0.4, -0.2) is 21.7 Å². The lowest BCUT2D eigenvalue weighted by Gasteiger charge is -2.23. The van der Waals surface area contributed by atoms with E-state index in [-0.39, 0.29) is 11.9 Å². The molecular formula is C24H23Cl3IN3O. The Hall–Kier alpha value is -1.28. The Morgan fingerprint density at radius 3 is 2.38 bits per heavy atom. The molecule has 4 rings (SSSR count). The molecule has 1 aliphatic rings. The molecule has 1 fully saturated rings. The first-order valence-electron chi connectivity index (χ1n) is 10.6. The molecule has 1 N–H and O–H groups in total. The first-order valence-corrected chi connectivity index (χ1v) is 13.0. The minimum Gasteiger partial charge on any atom is -0.352 e. The van der Waals surface area contributed by atoms with Gasteiger partial charge in [-0.2, -0.15) is 5.10 Å². The van der Waals surface area contributed by atoms with Crippen molar-refractivity contribution in [2.24, 2.45) is 0 Å². The summed E-state index contributed by atoms with van der Waals surface area (Å²) >= 11 is 20.9. The summed E-state index contributed by atoms with van der Waals surface area (Å²) in [5.74, 6) is -0.00453. The number of aromatic nitrogens is 2. The standard InChI is InChI=1S/C24H23Cl3IN3O/c1-14-22(21(28)24(32)29-18-5-3-2-4-6-18)30-31(20-12-11-17(26)13-19(20)27)23(14)15-7-9-16(25)10-8-15/h7-13,18,21H,2-6H2,1H3,(H,29,32). The van der Waals surface area contributed by atoms with Crippen LogP contribution in [0.4, 0.5) is 0 Å². The quantitative estimate of drug-likeness (QED) is 0.240. The SMILES string of the molecule is Cc1c(C(I)C(=O)NC2CCCCC2)nn(-c2ccc(Cl)cc2Cl)c1-c1ccc(Cl)cc1. The van der Waals surface area contributed by atoms with Crippen LogP contribution in [0, 0.1) is 6.92 Å². The van der Waals surface area contributed by atoms with Gasteiger partial charge in [0.15, 0.2) is 0 Å². The van der Waals surface area contributed by atoms with Gasteiger partial charge in [-0.05, 0) is 50.1 Å². The summed E-state index contributed by atoms with van der Waals surface area (Å²) in [5.41, 5.74) is 4.15. The third-order valence-electron chi connectivity index (χ3n) is 5.84. The highest BCUT2D eigenvalue weighted by molar-refractivity contribution is 14.1. The minimum absolute atomic E-state index is 0.00453. The third-order valence-corrected chi connectivity index (χ3v) is 7.78. The van der Waals surface area contributed by atoms with Crippen LogP contribution in [0.3, 0.4) is 0 Å². The van der Waals surface area contributed by atoms with E-state index in [9.17, 15) is 4.79 Å². The number of hydrogen-bond acceptors (Lipinski definition) is 2. The van der Waals surface area contributed by atoms with Crippen molar-refractivity contribution in [2.75, 3.05) is 0 Å². The largest absolute Gasteiger partial charge is 0.352 e. The van der Waals surface area contributed by atoms with Crippen LogP contribution >= 0.6 is 57.4 Å². The second kappa shape index (κ2) is 10.3. The molecule has 0 bridgehead atoms. The summed E-state index contributed by atoms with van der Waals surface area (Å²) in [6.45, 7) is 1.99. The molecule has 1 atom stereocenters. The maximum atomic E-state index is 13.1. The number of rotatable bonds is 5. The molecule has 2 aromatic carbocycles. The van der Waals surface area contributed by atoms with E-state index in [1.165, 1.54) is 19.3 Å². The Morgan fingerprint density at radius 2 is 1.72 bits per heavy atom. The van der Waals surface area contributed by atoms with Gasteiger partial charge in [-0.25, -0.2) is 4.68 Å². The number of halogens is 4. The number of carbonyl (C=O) groups is 1. The van der Waals surface area contributed by atoms with E-state index < -0.39 is 3.92 Å². The molecule has 1 heterocycles. The van der Waals surface area contributed by atoms with Crippen LogP contribution in [0.15, 0.2) is 42.5 Å². The van der Waals surface area contributed by atoms with Gasteiger partial charge in [0.05, 0.1) is 22.1 Å². The predicted octanol–water partition coefficient (Wildman–Crippen LogP) is 7.73. The van der Waals surface area contributed by atoms with Gasteiger partial charge in [0, 0.05) is 27.2 Å². The van der Waals surface area contributed by atoms with Crippen LogP contribution in [0.2, 0.25) is 15.1 Å². The molecule has 1 aliphatic carbocycles. The van der Waals surface area contributed by atoms with Crippen LogP contribution in [0.25, 0.3) is 16.9 Å². The van der Waals surface area contributed by atoms with Gasteiger partial charge in [0.1, 0.15) is 3.92 Å². The van der Waals surface area contributed by atoms with E-state index in [0.717, 1.165) is 35.4 Å². The molecule has 1 saturated carbocycles. The van der Waals surface area contributed by atoms with Crippen molar-refractivity contribution >= 4 is 63.3 Å². The molecular weight excluding hydrogens is 580 g/mol. The van der Waals surface area contributed by atoms with Crippen molar-refractivity contribution < 1.29 is 4.79 Å². The number of carbonyl (C=O) groups excluding carboxylic acids is 1. The fourth-order valence-electron chi connectivity index (χ4n) is 4.17. The smallest absolute Gasteiger partial charge is 0.239 e. The Labute approximate surface area is 216 Å². The molecule has 0 radical (unpaired) electrons. The normalized spacial score (nSPS) is 15.5. The van der Waals surface area contributed by atoms with Crippen LogP contribution in [-0.2, 0) is 4.79 Å². The van der Waals surface area contributed by atoms with Gasteiger partial charge in [-0.3, -0.25) is 4.79 Å². The zero-order valence-electron chi connectivity index (χ0n) is 17.5. The molecule has 1 amide bonds. The summed E-state index contributed by atoms with van der Waals surface area (Å²) in [6.07, 6.45) is 5.66. The summed E-state index contributed by atoms with van der Waals surface area (Å²) < 4.78 is 1.37. The lowest BCUT2D eigenvalue weighted by atomic mass is 9.95. The summed E-state index contributed by atoms with van der Waals surface area (Å²) in [6, 6.07) is 13.1. The lowest BCUT2D eigenvalue weighted by molar-refractivity contribution is -0.121. The number of nitrogens with one attached hydrogen (secondary N) is 1. The first kappa shape index (κ1) is 23.9. The fraction of sp³-hybridized carbons (Fsp3) is 0.333. The lowest BCUT2D eigenvalue weighted by Crippen LogP contribution is -2.38. The average molecular weight is 603 g/mol. The molecule has 168 valence electrons. The van der Waals surface area contributed by atoms with Crippen molar-refractivity contribution in [3.8, 4) is 16.9 Å². The molecule has 0 spiro atoms. The molecule has 0 aliphatic heterocycles. The minimum atomic E-state index is -0.423. The number of benzene rings is 2. The summed E-state index contributed by atoms with van der Waals surface area (Å²) in [5, 5.41) is 9.78. The van der Waals surface area contributed by atoms with E-state index in [1.807, 2.05) is 37.3 Å². The van der Waals surface area contributed by atoms with Crippen molar-refractivity contribution in [3.05, 3.63) is 68.8 Å². The van der Waals surface area contributed by atoms with Crippen molar-refractivity contribution in [2.45, 2.75) is 49.0 Å².